The molecule has 88 valence electrons. The molecule has 2 N–H and O–H groups in total. The van der Waals surface area contributed by atoms with Gasteiger partial charge in [-0.15, -0.1) is 0 Å². The van der Waals surface area contributed by atoms with Crippen molar-refractivity contribution in [2.75, 3.05) is 13.1 Å². The molecule has 0 aromatic carbocycles. The lowest BCUT2D eigenvalue weighted by atomic mass is 9.74. The van der Waals surface area contributed by atoms with E-state index in [1.165, 1.54) is 25.7 Å². The highest BCUT2D eigenvalue weighted by Crippen LogP contribution is 2.38. The predicted molar refractivity (Wildman–Crippen MR) is 62.5 cm³/mol. The molecule has 15 heavy (non-hydrogen) atoms. The lowest BCUT2D eigenvalue weighted by molar-refractivity contribution is -0.123. The molecule has 1 amide bonds. The van der Waals surface area contributed by atoms with E-state index < -0.39 is 0 Å². The van der Waals surface area contributed by atoms with Gasteiger partial charge in [0.2, 0.25) is 5.91 Å². The standard InChI is InChI=1S/C12H24N2O/c1-4-12(5-2)6-8-14(9-7-12)10(3)11(13)15/h10H,4-9H2,1-3H3,(H2,13,15). The number of primary amides is 1. The van der Waals surface area contributed by atoms with Crippen LogP contribution in [0.25, 0.3) is 0 Å². The predicted octanol–water partition coefficient (Wildman–Crippen LogP) is 1.76. The molecule has 1 aliphatic rings. The molecule has 1 rings (SSSR count). The molecule has 0 aliphatic carbocycles. The molecule has 0 spiro atoms. The van der Waals surface area contributed by atoms with Crippen LogP contribution in [0.4, 0.5) is 0 Å². The zero-order chi connectivity index (χ0) is 11.5. The van der Waals surface area contributed by atoms with Crippen molar-refractivity contribution < 1.29 is 4.79 Å². The fourth-order valence-electron chi connectivity index (χ4n) is 2.52. The third-order valence-corrected chi connectivity index (χ3v) is 4.32. The van der Waals surface area contributed by atoms with Crippen LogP contribution in [-0.2, 0) is 4.79 Å². The Labute approximate surface area is 93.0 Å². The molecule has 1 heterocycles. The number of likely N-dealkylation sites (tertiary alicyclic amines) is 1. The van der Waals surface area contributed by atoms with Gasteiger partial charge in [0.05, 0.1) is 6.04 Å². The van der Waals surface area contributed by atoms with Crippen LogP contribution in [0.5, 0.6) is 0 Å². The monoisotopic (exact) mass is 212 g/mol. The molecule has 3 nitrogen and oxygen atoms in total. The van der Waals surface area contributed by atoms with Gasteiger partial charge >= 0.3 is 0 Å². The normalized spacial score (nSPS) is 23.7. The third kappa shape index (κ3) is 2.71. The van der Waals surface area contributed by atoms with Crippen molar-refractivity contribution in [3.63, 3.8) is 0 Å². The quantitative estimate of drug-likeness (QED) is 0.772. The summed E-state index contributed by atoms with van der Waals surface area (Å²) in [6.07, 6.45) is 4.92. The van der Waals surface area contributed by atoms with Gasteiger partial charge in [-0.1, -0.05) is 26.7 Å². The maximum absolute atomic E-state index is 11.1. The van der Waals surface area contributed by atoms with Crippen LogP contribution in [0, 0.1) is 5.41 Å². The molecular formula is C12H24N2O. The van der Waals surface area contributed by atoms with Crippen molar-refractivity contribution in [2.45, 2.75) is 52.5 Å². The minimum absolute atomic E-state index is 0.100. The van der Waals surface area contributed by atoms with Gasteiger partial charge in [-0.25, -0.2) is 0 Å². The summed E-state index contributed by atoms with van der Waals surface area (Å²) >= 11 is 0. The summed E-state index contributed by atoms with van der Waals surface area (Å²) in [6.45, 7) is 8.50. The van der Waals surface area contributed by atoms with Crippen LogP contribution >= 0.6 is 0 Å². The summed E-state index contributed by atoms with van der Waals surface area (Å²) in [5.74, 6) is -0.199. The van der Waals surface area contributed by atoms with E-state index in [0.29, 0.717) is 5.41 Å². The number of hydrogen-bond donors (Lipinski definition) is 1. The highest BCUT2D eigenvalue weighted by Gasteiger charge is 2.33. The summed E-state index contributed by atoms with van der Waals surface area (Å²) in [7, 11) is 0. The average Bonchev–Trinajstić information content (AvgIpc) is 2.28. The van der Waals surface area contributed by atoms with Crippen LogP contribution in [0.15, 0.2) is 0 Å². The number of amides is 1. The lowest BCUT2D eigenvalue weighted by Crippen LogP contribution is -2.48. The van der Waals surface area contributed by atoms with Crippen LogP contribution < -0.4 is 5.73 Å². The van der Waals surface area contributed by atoms with Gasteiger partial charge < -0.3 is 5.73 Å². The molecule has 1 atom stereocenters. The number of hydrogen-bond acceptors (Lipinski definition) is 2. The van der Waals surface area contributed by atoms with Gasteiger partial charge in [0.15, 0.2) is 0 Å². The van der Waals surface area contributed by atoms with E-state index in [9.17, 15) is 4.79 Å². The first-order valence-electron chi connectivity index (χ1n) is 6.08. The van der Waals surface area contributed by atoms with Gasteiger partial charge in [-0.2, -0.15) is 0 Å². The molecule has 0 aromatic heterocycles. The van der Waals surface area contributed by atoms with E-state index in [2.05, 4.69) is 18.7 Å². The van der Waals surface area contributed by atoms with E-state index in [0.717, 1.165) is 13.1 Å². The highest BCUT2D eigenvalue weighted by atomic mass is 16.1. The van der Waals surface area contributed by atoms with Gasteiger partial charge in [-0.05, 0) is 38.3 Å². The Morgan fingerprint density at radius 3 is 2.13 bits per heavy atom. The molecule has 0 aromatic rings. The maximum Gasteiger partial charge on any atom is 0.234 e. The second-order valence-corrected chi connectivity index (χ2v) is 4.82. The molecule has 0 bridgehead atoms. The van der Waals surface area contributed by atoms with Crippen LogP contribution in [-0.4, -0.2) is 29.9 Å². The number of carbonyl (C=O) groups is 1. The zero-order valence-electron chi connectivity index (χ0n) is 10.3. The molecule has 1 fully saturated rings. The Hall–Kier alpha value is -0.570. The number of rotatable bonds is 4. The smallest absolute Gasteiger partial charge is 0.234 e. The van der Waals surface area contributed by atoms with Crippen LogP contribution in [0.1, 0.15) is 46.5 Å². The first-order chi connectivity index (χ1) is 7.04. The average molecular weight is 212 g/mol. The van der Waals surface area contributed by atoms with E-state index in [-0.39, 0.29) is 11.9 Å². The van der Waals surface area contributed by atoms with Crippen molar-refractivity contribution in [3.05, 3.63) is 0 Å². The summed E-state index contributed by atoms with van der Waals surface area (Å²) in [5, 5.41) is 0. The Kier molecular flexibility index (Phi) is 4.14. The fourth-order valence-corrected chi connectivity index (χ4v) is 2.52. The van der Waals surface area contributed by atoms with E-state index in [1.807, 2.05) is 6.92 Å². The minimum Gasteiger partial charge on any atom is -0.368 e. The van der Waals surface area contributed by atoms with Crippen molar-refractivity contribution in [3.8, 4) is 0 Å². The maximum atomic E-state index is 11.1. The van der Waals surface area contributed by atoms with E-state index >= 15 is 0 Å². The van der Waals surface area contributed by atoms with Crippen LogP contribution in [0.3, 0.4) is 0 Å². The first kappa shape index (κ1) is 12.5. The summed E-state index contributed by atoms with van der Waals surface area (Å²) < 4.78 is 0. The lowest BCUT2D eigenvalue weighted by Gasteiger charge is -2.42. The third-order valence-electron chi connectivity index (χ3n) is 4.32. The summed E-state index contributed by atoms with van der Waals surface area (Å²) in [5.41, 5.74) is 5.84. The van der Waals surface area contributed by atoms with Crippen molar-refractivity contribution >= 4 is 5.91 Å². The molecule has 1 aliphatic heterocycles. The molecular weight excluding hydrogens is 188 g/mol. The SMILES string of the molecule is CCC1(CC)CCN(C(C)C(N)=O)CC1. The van der Waals surface area contributed by atoms with E-state index in [4.69, 9.17) is 5.73 Å². The minimum atomic E-state index is -0.199. The second kappa shape index (κ2) is 4.97. The van der Waals surface area contributed by atoms with Crippen LogP contribution in [0.2, 0.25) is 0 Å². The highest BCUT2D eigenvalue weighted by molar-refractivity contribution is 5.79. The Bertz CT molecular complexity index is 214. The van der Waals surface area contributed by atoms with Crippen molar-refractivity contribution in [1.82, 2.24) is 4.90 Å². The van der Waals surface area contributed by atoms with Gasteiger partial charge in [0, 0.05) is 0 Å². The molecule has 1 saturated heterocycles. The van der Waals surface area contributed by atoms with Gasteiger partial charge in [0.25, 0.3) is 0 Å². The number of nitrogens with zero attached hydrogens (tertiary/aromatic N) is 1. The number of nitrogens with two attached hydrogens (primary N) is 1. The zero-order valence-corrected chi connectivity index (χ0v) is 10.3. The van der Waals surface area contributed by atoms with Crippen molar-refractivity contribution in [2.24, 2.45) is 11.1 Å². The second-order valence-electron chi connectivity index (χ2n) is 4.82. The molecule has 0 radical (unpaired) electrons. The topological polar surface area (TPSA) is 46.3 Å². The van der Waals surface area contributed by atoms with Gasteiger partial charge in [-0.3, -0.25) is 9.69 Å². The Morgan fingerprint density at radius 2 is 1.80 bits per heavy atom. The number of piperidine rings is 1. The first-order valence-corrected chi connectivity index (χ1v) is 6.08. The van der Waals surface area contributed by atoms with E-state index in [1.54, 1.807) is 0 Å². The summed E-state index contributed by atoms with van der Waals surface area (Å²) in [4.78, 5) is 13.3. The Morgan fingerprint density at radius 1 is 1.33 bits per heavy atom. The van der Waals surface area contributed by atoms with Crippen molar-refractivity contribution in [1.29, 1.82) is 0 Å². The summed E-state index contributed by atoms with van der Waals surface area (Å²) in [6, 6.07) is -0.100. The number of carbonyl (C=O) groups excluding carboxylic acids is 1. The molecule has 0 saturated carbocycles. The largest absolute Gasteiger partial charge is 0.368 e. The fraction of sp³-hybridized carbons (Fsp3) is 0.917. The Balaban J connectivity index is 2.51. The molecule has 1 unspecified atom stereocenters. The molecule has 3 heteroatoms. The van der Waals surface area contributed by atoms with Gasteiger partial charge in [0.1, 0.15) is 0 Å².